The number of hydrogen-bond acceptors (Lipinski definition) is 5. The maximum absolute atomic E-state index is 11.4. The SMILES string of the molecule is COc1cc(OC)cc(OC(=O)NCCCN)c1. The molecule has 1 aromatic rings. The zero-order chi connectivity index (χ0) is 13.4. The molecule has 0 saturated heterocycles. The van der Waals surface area contributed by atoms with Crippen molar-refractivity contribution in [1.29, 1.82) is 0 Å². The number of ether oxygens (including phenoxy) is 3. The molecule has 0 aliphatic rings. The lowest BCUT2D eigenvalue weighted by molar-refractivity contribution is 0.200. The zero-order valence-corrected chi connectivity index (χ0v) is 10.6. The van der Waals surface area contributed by atoms with E-state index in [1.807, 2.05) is 0 Å². The minimum absolute atomic E-state index is 0.358. The topological polar surface area (TPSA) is 82.8 Å². The Morgan fingerprint density at radius 3 is 2.22 bits per heavy atom. The van der Waals surface area contributed by atoms with Gasteiger partial charge in [0.25, 0.3) is 0 Å². The van der Waals surface area contributed by atoms with Gasteiger partial charge in [-0.15, -0.1) is 0 Å². The third kappa shape index (κ3) is 4.50. The van der Waals surface area contributed by atoms with E-state index in [2.05, 4.69) is 5.32 Å². The fourth-order valence-corrected chi connectivity index (χ4v) is 1.28. The van der Waals surface area contributed by atoms with E-state index in [0.717, 1.165) is 0 Å². The average Bonchev–Trinajstić information content (AvgIpc) is 2.38. The molecule has 6 heteroatoms. The van der Waals surface area contributed by atoms with Crippen LogP contribution >= 0.6 is 0 Å². The van der Waals surface area contributed by atoms with Gasteiger partial charge in [0.05, 0.1) is 14.2 Å². The molecule has 0 fully saturated rings. The number of nitrogens with two attached hydrogens (primary N) is 1. The summed E-state index contributed by atoms with van der Waals surface area (Å²) in [5.74, 6) is 1.47. The predicted octanol–water partition coefficient (Wildman–Crippen LogP) is 1.14. The number of carbonyl (C=O) groups is 1. The van der Waals surface area contributed by atoms with E-state index in [1.165, 1.54) is 14.2 Å². The van der Waals surface area contributed by atoms with Crippen LogP contribution in [-0.2, 0) is 0 Å². The summed E-state index contributed by atoms with van der Waals surface area (Å²) < 4.78 is 15.2. The van der Waals surface area contributed by atoms with E-state index in [9.17, 15) is 4.79 Å². The van der Waals surface area contributed by atoms with E-state index in [-0.39, 0.29) is 0 Å². The highest BCUT2D eigenvalue weighted by atomic mass is 16.6. The van der Waals surface area contributed by atoms with Crippen LogP contribution in [0.5, 0.6) is 17.2 Å². The molecule has 0 bridgehead atoms. The summed E-state index contributed by atoms with van der Waals surface area (Å²) in [4.78, 5) is 11.4. The molecule has 0 atom stereocenters. The van der Waals surface area contributed by atoms with Crippen LogP contribution in [0.1, 0.15) is 6.42 Å². The quantitative estimate of drug-likeness (QED) is 0.744. The van der Waals surface area contributed by atoms with Crippen LogP contribution in [-0.4, -0.2) is 33.4 Å². The van der Waals surface area contributed by atoms with Gasteiger partial charge in [-0.05, 0) is 13.0 Å². The molecule has 1 rings (SSSR count). The van der Waals surface area contributed by atoms with Crippen LogP contribution in [0.3, 0.4) is 0 Å². The first-order valence-corrected chi connectivity index (χ1v) is 5.58. The monoisotopic (exact) mass is 254 g/mol. The van der Waals surface area contributed by atoms with Crippen LogP contribution < -0.4 is 25.3 Å². The third-order valence-electron chi connectivity index (χ3n) is 2.19. The van der Waals surface area contributed by atoms with Crippen LogP contribution in [0.4, 0.5) is 4.79 Å². The van der Waals surface area contributed by atoms with Crippen molar-refractivity contribution in [2.24, 2.45) is 5.73 Å². The molecule has 0 saturated carbocycles. The Hall–Kier alpha value is -1.95. The molecule has 100 valence electrons. The van der Waals surface area contributed by atoms with Gasteiger partial charge in [-0.1, -0.05) is 0 Å². The molecular formula is C12H18N2O4. The first kappa shape index (κ1) is 14.1. The third-order valence-corrected chi connectivity index (χ3v) is 2.19. The number of methoxy groups -OCH3 is 2. The van der Waals surface area contributed by atoms with Gasteiger partial charge in [0.2, 0.25) is 0 Å². The lowest BCUT2D eigenvalue weighted by atomic mass is 10.3. The molecule has 0 aromatic heterocycles. The highest BCUT2D eigenvalue weighted by molar-refractivity contribution is 5.70. The summed E-state index contributed by atoms with van der Waals surface area (Å²) in [6.45, 7) is 1.00. The second-order valence-electron chi connectivity index (χ2n) is 3.51. The number of hydrogen-bond donors (Lipinski definition) is 2. The predicted molar refractivity (Wildman–Crippen MR) is 67.2 cm³/mol. The summed E-state index contributed by atoms with van der Waals surface area (Å²) in [7, 11) is 3.06. The van der Waals surface area contributed by atoms with E-state index in [4.69, 9.17) is 19.9 Å². The van der Waals surface area contributed by atoms with Crippen molar-refractivity contribution in [2.45, 2.75) is 6.42 Å². The van der Waals surface area contributed by atoms with Gasteiger partial charge >= 0.3 is 6.09 Å². The molecule has 6 nitrogen and oxygen atoms in total. The number of carbonyl (C=O) groups excluding carboxylic acids is 1. The van der Waals surface area contributed by atoms with Crippen molar-refractivity contribution < 1.29 is 19.0 Å². The molecule has 0 spiro atoms. The Morgan fingerprint density at radius 1 is 1.17 bits per heavy atom. The van der Waals surface area contributed by atoms with E-state index in [1.54, 1.807) is 18.2 Å². The molecular weight excluding hydrogens is 236 g/mol. The summed E-state index contributed by atoms with van der Waals surface area (Å²) in [5, 5.41) is 2.58. The van der Waals surface area contributed by atoms with E-state index in [0.29, 0.717) is 36.8 Å². The first-order chi connectivity index (χ1) is 8.69. The normalized spacial score (nSPS) is 9.72. The van der Waals surface area contributed by atoms with Crippen LogP contribution in [0, 0.1) is 0 Å². The van der Waals surface area contributed by atoms with E-state index >= 15 is 0 Å². The smallest absolute Gasteiger partial charge is 0.412 e. The molecule has 1 amide bonds. The Kier molecular flexibility index (Phi) is 5.79. The Bertz CT molecular complexity index is 373. The van der Waals surface area contributed by atoms with Crippen molar-refractivity contribution in [3.8, 4) is 17.2 Å². The van der Waals surface area contributed by atoms with Gasteiger partial charge in [0, 0.05) is 24.7 Å². The fraction of sp³-hybridized carbons (Fsp3) is 0.417. The number of nitrogens with one attached hydrogen (secondary N) is 1. The summed E-state index contributed by atoms with van der Waals surface area (Å²) in [5.41, 5.74) is 5.32. The van der Waals surface area contributed by atoms with Crippen molar-refractivity contribution in [3.05, 3.63) is 18.2 Å². The van der Waals surface area contributed by atoms with Gasteiger partial charge in [-0.2, -0.15) is 0 Å². The summed E-state index contributed by atoms with van der Waals surface area (Å²) in [6, 6.07) is 4.90. The maximum atomic E-state index is 11.4. The highest BCUT2D eigenvalue weighted by Crippen LogP contribution is 2.27. The highest BCUT2D eigenvalue weighted by Gasteiger charge is 2.07. The first-order valence-electron chi connectivity index (χ1n) is 5.58. The molecule has 0 radical (unpaired) electrons. The van der Waals surface area contributed by atoms with Crippen molar-refractivity contribution in [3.63, 3.8) is 0 Å². The van der Waals surface area contributed by atoms with Crippen LogP contribution in [0.2, 0.25) is 0 Å². The van der Waals surface area contributed by atoms with Gasteiger partial charge in [-0.3, -0.25) is 0 Å². The van der Waals surface area contributed by atoms with Gasteiger partial charge < -0.3 is 25.3 Å². The number of rotatable bonds is 6. The molecule has 0 unspecified atom stereocenters. The van der Waals surface area contributed by atoms with Gasteiger partial charge in [-0.25, -0.2) is 4.79 Å². The number of amides is 1. The lowest BCUT2D eigenvalue weighted by Gasteiger charge is -2.09. The zero-order valence-electron chi connectivity index (χ0n) is 10.6. The second-order valence-corrected chi connectivity index (χ2v) is 3.51. The molecule has 3 N–H and O–H groups in total. The molecule has 1 aromatic carbocycles. The molecule has 0 heterocycles. The Morgan fingerprint density at radius 2 is 1.72 bits per heavy atom. The average molecular weight is 254 g/mol. The number of benzene rings is 1. The standard InChI is InChI=1S/C12H18N2O4/c1-16-9-6-10(17-2)8-11(7-9)18-12(15)14-5-3-4-13/h6-8H,3-5,13H2,1-2H3,(H,14,15). The lowest BCUT2D eigenvalue weighted by Crippen LogP contribution is -2.28. The summed E-state index contributed by atoms with van der Waals surface area (Å²) in [6.07, 6.45) is 0.176. The largest absolute Gasteiger partial charge is 0.496 e. The minimum Gasteiger partial charge on any atom is -0.496 e. The Labute approximate surface area is 106 Å². The molecule has 0 aliphatic carbocycles. The minimum atomic E-state index is -0.529. The van der Waals surface area contributed by atoms with Crippen LogP contribution in [0.15, 0.2) is 18.2 Å². The van der Waals surface area contributed by atoms with Crippen molar-refractivity contribution in [1.82, 2.24) is 5.32 Å². The second kappa shape index (κ2) is 7.39. The summed E-state index contributed by atoms with van der Waals surface area (Å²) >= 11 is 0. The fourth-order valence-electron chi connectivity index (χ4n) is 1.28. The molecule has 0 aliphatic heterocycles. The van der Waals surface area contributed by atoms with Crippen molar-refractivity contribution in [2.75, 3.05) is 27.3 Å². The molecule has 18 heavy (non-hydrogen) atoms. The van der Waals surface area contributed by atoms with Gasteiger partial charge in [0.15, 0.2) is 0 Å². The van der Waals surface area contributed by atoms with Crippen LogP contribution in [0.25, 0.3) is 0 Å². The van der Waals surface area contributed by atoms with E-state index < -0.39 is 6.09 Å². The van der Waals surface area contributed by atoms with Crippen molar-refractivity contribution >= 4 is 6.09 Å². The van der Waals surface area contributed by atoms with Gasteiger partial charge in [0.1, 0.15) is 17.2 Å². The maximum Gasteiger partial charge on any atom is 0.412 e. The Balaban J connectivity index is 2.62.